The Morgan fingerprint density at radius 3 is 2.17 bits per heavy atom. The van der Waals surface area contributed by atoms with E-state index in [-0.39, 0.29) is 0 Å². The minimum atomic E-state index is 0.424. The van der Waals surface area contributed by atoms with E-state index in [0.717, 1.165) is 22.0 Å². The van der Waals surface area contributed by atoms with Crippen molar-refractivity contribution in [3.63, 3.8) is 0 Å². The van der Waals surface area contributed by atoms with Gasteiger partial charge in [0.25, 0.3) is 0 Å². The van der Waals surface area contributed by atoms with Gasteiger partial charge in [0.1, 0.15) is 11.5 Å². The molecule has 0 amide bonds. The van der Waals surface area contributed by atoms with Crippen LogP contribution in [0.3, 0.4) is 0 Å². The number of ether oxygens (including phenoxy) is 3. The van der Waals surface area contributed by atoms with Gasteiger partial charge in [-0.2, -0.15) is 0 Å². The summed E-state index contributed by atoms with van der Waals surface area (Å²) in [5, 5.41) is 1.62. The summed E-state index contributed by atoms with van der Waals surface area (Å²) in [7, 11) is 3.20. The lowest BCUT2D eigenvalue weighted by molar-refractivity contribution is 0.343. The fourth-order valence-corrected chi connectivity index (χ4v) is 2.72. The van der Waals surface area contributed by atoms with Crippen LogP contribution in [0.15, 0.2) is 42.5 Å². The van der Waals surface area contributed by atoms with Crippen LogP contribution in [0.1, 0.15) is 6.92 Å². The third kappa shape index (κ3) is 2.69. The SMILES string of the molecule is CCOc1c(-c2ccccc2)nc(N)c2cc(OC)c(OC)cc12. The number of nitrogens with zero attached hydrogens (tertiary/aromatic N) is 1. The third-order valence-electron chi connectivity index (χ3n) is 3.83. The third-order valence-corrected chi connectivity index (χ3v) is 3.83. The van der Waals surface area contributed by atoms with Crippen LogP contribution in [0.5, 0.6) is 17.2 Å². The topological polar surface area (TPSA) is 66.6 Å². The van der Waals surface area contributed by atoms with E-state index in [1.807, 2.05) is 49.4 Å². The summed E-state index contributed by atoms with van der Waals surface area (Å²) in [6.45, 7) is 2.46. The molecule has 0 aliphatic carbocycles. The number of methoxy groups -OCH3 is 2. The van der Waals surface area contributed by atoms with Crippen molar-refractivity contribution in [2.45, 2.75) is 6.92 Å². The van der Waals surface area contributed by atoms with E-state index < -0.39 is 0 Å². The van der Waals surface area contributed by atoms with Crippen molar-refractivity contribution in [2.24, 2.45) is 0 Å². The van der Waals surface area contributed by atoms with Gasteiger partial charge in [0.2, 0.25) is 0 Å². The normalized spacial score (nSPS) is 10.6. The van der Waals surface area contributed by atoms with E-state index in [2.05, 4.69) is 4.98 Å². The monoisotopic (exact) mass is 324 g/mol. The summed E-state index contributed by atoms with van der Waals surface area (Å²) < 4.78 is 16.7. The van der Waals surface area contributed by atoms with Crippen LogP contribution in [-0.4, -0.2) is 25.8 Å². The molecule has 0 radical (unpaired) electrons. The molecule has 0 aliphatic rings. The van der Waals surface area contributed by atoms with E-state index >= 15 is 0 Å². The maximum absolute atomic E-state index is 6.21. The Kier molecular flexibility index (Phi) is 4.42. The zero-order chi connectivity index (χ0) is 17.1. The van der Waals surface area contributed by atoms with Crippen molar-refractivity contribution >= 4 is 16.6 Å². The number of nitrogens with two attached hydrogens (primary N) is 1. The first-order chi connectivity index (χ1) is 11.7. The highest BCUT2D eigenvalue weighted by Crippen LogP contribution is 2.42. The first-order valence-corrected chi connectivity index (χ1v) is 7.73. The number of hydrogen-bond donors (Lipinski definition) is 1. The zero-order valence-electron chi connectivity index (χ0n) is 14.0. The van der Waals surface area contributed by atoms with Gasteiger partial charge in [0, 0.05) is 16.3 Å². The smallest absolute Gasteiger partial charge is 0.161 e. The Bertz CT molecular complexity index is 864. The van der Waals surface area contributed by atoms with Crippen LogP contribution in [0, 0.1) is 0 Å². The number of aromatic nitrogens is 1. The molecular weight excluding hydrogens is 304 g/mol. The molecule has 0 unspecified atom stereocenters. The molecule has 0 atom stereocenters. The van der Waals surface area contributed by atoms with Crippen molar-refractivity contribution in [3.05, 3.63) is 42.5 Å². The lowest BCUT2D eigenvalue weighted by atomic mass is 10.0. The minimum Gasteiger partial charge on any atom is -0.493 e. The van der Waals surface area contributed by atoms with E-state index in [0.29, 0.717) is 29.7 Å². The molecule has 3 aromatic rings. The second-order valence-corrected chi connectivity index (χ2v) is 5.23. The Hall–Kier alpha value is -2.95. The summed E-state index contributed by atoms with van der Waals surface area (Å²) in [6, 6.07) is 13.6. The van der Waals surface area contributed by atoms with Crippen molar-refractivity contribution < 1.29 is 14.2 Å². The van der Waals surface area contributed by atoms with Gasteiger partial charge < -0.3 is 19.9 Å². The highest BCUT2D eigenvalue weighted by Gasteiger charge is 2.18. The predicted octanol–water partition coefficient (Wildman–Crippen LogP) is 3.90. The highest BCUT2D eigenvalue weighted by atomic mass is 16.5. The number of hydrogen-bond acceptors (Lipinski definition) is 5. The van der Waals surface area contributed by atoms with Crippen LogP contribution in [0.2, 0.25) is 0 Å². The summed E-state index contributed by atoms with van der Waals surface area (Å²) >= 11 is 0. The lowest BCUT2D eigenvalue weighted by Gasteiger charge is -2.16. The van der Waals surface area contributed by atoms with Crippen molar-refractivity contribution in [2.75, 3.05) is 26.6 Å². The number of anilines is 1. The van der Waals surface area contributed by atoms with E-state index in [1.165, 1.54) is 0 Å². The fraction of sp³-hybridized carbons (Fsp3) is 0.211. The number of fused-ring (bicyclic) bond motifs is 1. The molecule has 124 valence electrons. The molecule has 0 spiro atoms. The van der Waals surface area contributed by atoms with Crippen molar-refractivity contribution in [3.8, 4) is 28.5 Å². The molecular formula is C19H20N2O3. The van der Waals surface area contributed by atoms with Gasteiger partial charge in [-0.25, -0.2) is 4.98 Å². The maximum atomic E-state index is 6.21. The van der Waals surface area contributed by atoms with Crippen LogP contribution >= 0.6 is 0 Å². The molecule has 5 heteroatoms. The van der Waals surface area contributed by atoms with Gasteiger partial charge in [-0.1, -0.05) is 30.3 Å². The lowest BCUT2D eigenvalue weighted by Crippen LogP contribution is -2.02. The summed E-state index contributed by atoms with van der Waals surface area (Å²) in [6.07, 6.45) is 0. The zero-order valence-corrected chi connectivity index (χ0v) is 14.0. The number of nitrogen functional groups attached to an aromatic ring is 1. The number of benzene rings is 2. The Balaban J connectivity index is 2.36. The Labute approximate surface area is 141 Å². The number of rotatable bonds is 5. The maximum Gasteiger partial charge on any atom is 0.161 e. The van der Waals surface area contributed by atoms with Gasteiger partial charge in [-0.05, 0) is 19.1 Å². The molecule has 2 N–H and O–H groups in total. The standard InChI is InChI=1S/C19H20N2O3/c1-4-24-18-13-10-15(22-2)16(23-3)11-14(13)19(20)21-17(18)12-8-6-5-7-9-12/h5-11H,4H2,1-3H3,(H2,20,21). The Morgan fingerprint density at radius 1 is 0.958 bits per heavy atom. The second-order valence-electron chi connectivity index (χ2n) is 5.23. The highest BCUT2D eigenvalue weighted by molar-refractivity contribution is 6.01. The number of pyridine rings is 1. The Morgan fingerprint density at radius 2 is 1.58 bits per heavy atom. The van der Waals surface area contributed by atoms with E-state index in [1.54, 1.807) is 14.2 Å². The minimum absolute atomic E-state index is 0.424. The second kappa shape index (κ2) is 6.66. The summed E-state index contributed by atoms with van der Waals surface area (Å²) in [5.74, 6) is 2.34. The molecule has 0 fully saturated rings. The van der Waals surface area contributed by atoms with E-state index in [9.17, 15) is 0 Å². The molecule has 2 aromatic carbocycles. The first-order valence-electron chi connectivity index (χ1n) is 7.73. The first kappa shape index (κ1) is 15.9. The van der Waals surface area contributed by atoms with Crippen molar-refractivity contribution in [1.29, 1.82) is 0 Å². The average Bonchev–Trinajstić information content (AvgIpc) is 2.63. The quantitative estimate of drug-likeness (QED) is 0.771. The molecule has 24 heavy (non-hydrogen) atoms. The van der Waals surface area contributed by atoms with Gasteiger partial charge >= 0.3 is 0 Å². The summed E-state index contributed by atoms with van der Waals surface area (Å²) in [4.78, 5) is 4.58. The molecule has 0 aliphatic heterocycles. The van der Waals surface area contributed by atoms with Gasteiger partial charge in [-0.3, -0.25) is 0 Å². The van der Waals surface area contributed by atoms with Crippen LogP contribution in [0.25, 0.3) is 22.0 Å². The molecule has 3 rings (SSSR count). The largest absolute Gasteiger partial charge is 0.493 e. The van der Waals surface area contributed by atoms with Crippen LogP contribution in [0.4, 0.5) is 5.82 Å². The molecule has 1 heterocycles. The molecule has 0 bridgehead atoms. The van der Waals surface area contributed by atoms with Gasteiger partial charge in [0.05, 0.1) is 20.8 Å². The van der Waals surface area contributed by atoms with Crippen LogP contribution < -0.4 is 19.9 Å². The average molecular weight is 324 g/mol. The van der Waals surface area contributed by atoms with Crippen LogP contribution in [-0.2, 0) is 0 Å². The fourth-order valence-electron chi connectivity index (χ4n) is 2.72. The van der Waals surface area contributed by atoms with Gasteiger partial charge in [0.15, 0.2) is 17.2 Å². The van der Waals surface area contributed by atoms with Gasteiger partial charge in [-0.15, -0.1) is 0 Å². The van der Waals surface area contributed by atoms with E-state index in [4.69, 9.17) is 19.9 Å². The molecule has 0 saturated carbocycles. The van der Waals surface area contributed by atoms with Crippen molar-refractivity contribution in [1.82, 2.24) is 4.98 Å². The molecule has 0 saturated heterocycles. The molecule has 5 nitrogen and oxygen atoms in total. The molecule has 1 aromatic heterocycles. The summed E-state index contributed by atoms with van der Waals surface area (Å²) in [5.41, 5.74) is 7.88. The predicted molar refractivity (Wildman–Crippen MR) is 95.9 cm³/mol.